The molecule has 1 aliphatic rings. The molecule has 0 fully saturated rings. The van der Waals surface area contributed by atoms with Gasteiger partial charge in [-0.05, 0) is 13.3 Å². The average Bonchev–Trinajstić information content (AvgIpc) is 2.03. The van der Waals surface area contributed by atoms with E-state index in [2.05, 4.69) is 0 Å². The van der Waals surface area contributed by atoms with Crippen molar-refractivity contribution in [2.75, 3.05) is 6.54 Å². The standard InChI is InChI=1S/C8H12N2O3/c1-5-2-3-10(8(12)13)6(4-5)7(9)11/h4,6H,2-3H2,1H3,(H2,9,11)(H,12,13). The minimum absolute atomic E-state index is 0.339. The molecule has 72 valence electrons. The number of rotatable bonds is 1. The molecule has 1 atom stereocenters. The van der Waals surface area contributed by atoms with Crippen molar-refractivity contribution in [3.05, 3.63) is 11.6 Å². The van der Waals surface area contributed by atoms with Crippen LogP contribution in [0.25, 0.3) is 0 Å². The lowest BCUT2D eigenvalue weighted by molar-refractivity contribution is -0.121. The molecule has 0 aromatic rings. The van der Waals surface area contributed by atoms with Gasteiger partial charge < -0.3 is 10.8 Å². The highest BCUT2D eigenvalue weighted by Gasteiger charge is 2.28. The van der Waals surface area contributed by atoms with E-state index in [0.29, 0.717) is 13.0 Å². The summed E-state index contributed by atoms with van der Waals surface area (Å²) in [5, 5.41) is 8.73. The topological polar surface area (TPSA) is 83.6 Å². The summed E-state index contributed by atoms with van der Waals surface area (Å²) in [5.74, 6) is -0.624. The second-order valence-electron chi connectivity index (χ2n) is 3.09. The van der Waals surface area contributed by atoms with Gasteiger partial charge in [0.25, 0.3) is 0 Å². The fourth-order valence-electron chi connectivity index (χ4n) is 1.33. The molecular weight excluding hydrogens is 172 g/mol. The lowest BCUT2D eigenvalue weighted by Crippen LogP contribution is -2.48. The van der Waals surface area contributed by atoms with Gasteiger partial charge >= 0.3 is 6.09 Å². The third-order valence-corrected chi connectivity index (χ3v) is 2.06. The Morgan fingerprint density at radius 2 is 2.31 bits per heavy atom. The monoisotopic (exact) mass is 184 g/mol. The SMILES string of the molecule is CC1=CC(C(N)=O)N(C(=O)O)CC1. The van der Waals surface area contributed by atoms with Gasteiger partial charge in [0.1, 0.15) is 6.04 Å². The van der Waals surface area contributed by atoms with Crippen LogP contribution in [0.3, 0.4) is 0 Å². The van der Waals surface area contributed by atoms with Gasteiger partial charge in [-0.2, -0.15) is 0 Å². The van der Waals surface area contributed by atoms with E-state index < -0.39 is 18.0 Å². The van der Waals surface area contributed by atoms with Crippen LogP contribution in [0, 0.1) is 0 Å². The number of nitrogens with zero attached hydrogens (tertiary/aromatic N) is 1. The first kappa shape index (κ1) is 9.57. The molecule has 0 saturated carbocycles. The van der Waals surface area contributed by atoms with E-state index in [9.17, 15) is 9.59 Å². The van der Waals surface area contributed by atoms with Crippen LogP contribution in [-0.4, -0.2) is 34.6 Å². The summed E-state index contributed by atoms with van der Waals surface area (Å²) in [6.07, 6.45) is 1.16. The number of primary amides is 1. The zero-order chi connectivity index (χ0) is 10.0. The molecule has 5 heteroatoms. The van der Waals surface area contributed by atoms with Gasteiger partial charge in [-0.1, -0.05) is 11.6 Å². The van der Waals surface area contributed by atoms with Crippen molar-refractivity contribution in [3.8, 4) is 0 Å². The van der Waals surface area contributed by atoms with Gasteiger partial charge in [0, 0.05) is 6.54 Å². The highest BCUT2D eigenvalue weighted by atomic mass is 16.4. The summed E-state index contributed by atoms with van der Waals surface area (Å²) in [6.45, 7) is 2.19. The zero-order valence-electron chi connectivity index (χ0n) is 7.36. The minimum Gasteiger partial charge on any atom is -0.465 e. The first-order valence-electron chi connectivity index (χ1n) is 3.98. The summed E-state index contributed by atoms with van der Waals surface area (Å²) in [7, 11) is 0. The Hall–Kier alpha value is -1.52. The highest BCUT2D eigenvalue weighted by molar-refractivity contribution is 5.86. The molecule has 1 heterocycles. The van der Waals surface area contributed by atoms with Crippen LogP contribution < -0.4 is 5.73 Å². The van der Waals surface area contributed by atoms with Crippen molar-refractivity contribution in [1.82, 2.24) is 4.90 Å². The fraction of sp³-hybridized carbons (Fsp3) is 0.500. The molecule has 1 unspecified atom stereocenters. The first-order valence-corrected chi connectivity index (χ1v) is 3.98. The lowest BCUT2D eigenvalue weighted by atomic mass is 10.0. The number of nitrogens with two attached hydrogens (primary N) is 1. The third kappa shape index (κ3) is 1.99. The quantitative estimate of drug-likeness (QED) is 0.570. The van der Waals surface area contributed by atoms with E-state index in [4.69, 9.17) is 10.8 Å². The zero-order valence-corrected chi connectivity index (χ0v) is 7.36. The molecule has 0 saturated heterocycles. The number of carboxylic acid groups (broad SMARTS) is 1. The predicted molar refractivity (Wildman–Crippen MR) is 46.1 cm³/mol. The average molecular weight is 184 g/mol. The van der Waals surface area contributed by atoms with Gasteiger partial charge in [-0.25, -0.2) is 4.79 Å². The Kier molecular flexibility index (Phi) is 2.55. The smallest absolute Gasteiger partial charge is 0.408 e. The molecule has 13 heavy (non-hydrogen) atoms. The first-order chi connectivity index (χ1) is 6.02. The van der Waals surface area contributed by atoms with E-state index in [0.717, 1.165) is 10.5 Å². The Labute approximate surface area is 75.8 Å². The van der Waals surface area contributed by atoms with E-state index in [1.165, 1.54) is 0 Å². The van der Waals surface area contributed by atoms with Crippen molar-refractivity contribution in [1.29, 1.82) is 0 Å². The van der Waals surface area contributed by atoms with Crippen molar-refractivity contribution < 1.29 is 14.7 Å². The molecule has 0 bridgehead atoms. The Morgan fingerprint density at radius 1 is 1.69 bits per heavy atom. The molecule has 1 aliphatic heterocycles. The van der Waals surface area contributed by atoms with Gasteiger partial charge in [0.15, 0.2) is 0 Å². The maximum atomic E-state index is 10.9. The second kappa shape index (κ2) is 3.47. The molecular formula is C8H12N2O3. The van der Waals surface area contributed by atoms with Crippen LogP contribution in [0.4, 0.5) is 4.79 Å². The van der Waals surface area contributed by atoms with Crippen molar-refractivity contribution in [2.45, 2.75) is 19.4 Å². The number of carbonyl (C=O) groups excluding carboxylic acids is 1. The molecule has 0 aliphatic carbocycles. The summed E-state index contributed by atoms with van der Waals surface area (Å²) >= 11 is 0. The van der Waals surface area contributed by atoms with Crippen LogP contribution in [0.1, 0.15) is 13.3 Å². The van der Waals surface area contributed by atoms with Crippen molar-refractivity contribution in [2.24, 2.45) is 5.73 Å². The van der Waals surface area contributed by atoms with E-state index in [1.54, 1.807) is 6.08 Å². The molecule has 0 spiro atoms. The highest BCUT2D eigenvalue weighted by Crippen LogP contribution is 2.15. The largest absolute Gasteiger partial charge is 0.465 e. The molecule has 2 amide bonds. The third-order valence-electron chi connectivity index (χ3n) is 2.06. The lowest BCUT2D eigenvalue weighted by Gasteiger charge is -2.29. The predicted octanol–water partition coefficient (Wildman–Crippen LogP) is 0.170. The summed E-state index contributed by atoms with van der Waals surface area (Å²) in [5.41, 5.74) is 6.07. The van der Waals surface area contributed by atoms with Gasteiger partial charge in [-0.15, -0.1) is 0 Å². The Morgan fingerprint density at radius 3 is 2.77 bits per heavy atom. The van der Waals surface area contributed by atoms with E-state index in [1.807, 2.05) is 6.92 Å². The number of hydrogen-bond acceptors (Lipinski definition) is 2. The Balaban J connectivity index is 2.88. The number of amides is 2. The van der Waals surface area contributed by atoms with Crippen LogP contribution in [0.15, 0.2) is 11.6 Å². The summed E-state index contributed by atoms with van der Waals surface area (Å²) < 4.78 is 0. The number of carbonyl (C=O) groups is 2. The van der Waals surface area contributed by atoms with Crippen LogP contribution in [-0.2, 0) is 4.79 Å². The molecule has 0 aromatic carbocycles. The number of hydrogen-bond donors (Lipinski definition) is 2. The normalized spacial score (nSPS) is 22.4. The van der Waals surface area contributed by atoms with Crippen LogP contribution in [0.5, 0.6) is 0 Å². The van der Waals surface area contributed by atoms with Crippen LogP contribution >= 0.6 is 0 Å². The minimum atomic E-state index is -1.10. The van der Waals surface area contributed by atoms with Crippen LogP contribution in [0.2, 0.25) is 0 Å². The maximum absolute atomic E-state index is 10.9. The summed E-state index contributed by atoms with van der Waals surface area (Å²) in [4.78, 5) is 22.6. The fourth-order valence-corrected chi connectivity index (χ4v) is 1.33. The second-order valence-corrected chi connectivity index (χ2v) is 3.09. The molecule has 5 nitrogen and oxygen atoms in total. The molecule has 3 N–H and O–H groups in total. The van der Waals surface area contributed by atoms with Gasteiger partial charge in [-0.3, -0.25) is 9.69 Å². The van der Waals surface area contributed by atoms with Gasteiger partial charge in [0.2, 0.25) is 5.91 Å². The van der Waals surface area contributed by atoms with E-state index >= 15 is 0 Å². The molecule has 0 aromatic heterocycles. The van der Waals surface area contributed by atoms with Crippen molar-refractivity contribution in [3.63, 3.8) is 0 Å². The summed E-state index contributed by atoms with van der Waals surface area (Å²) in [6, 6.07) is -0.800. The van der Waals surface area contributed by atoms with E-state index in [-0.39, 0.29) is 0 Å². The molecule has 0 radical (unpaired) electrons. The molecule has 1 rings (SSSR count). The van der Waals surface area contributed by atoms with Crippen molar-refractivity contribution >= 4 is 12.0 Å². The maximum Gasteiger partial charge on any atom is 0.408 e. The van der Waals surface area contributed by atoms with Gasteiger partial charge in [0.05, 0.1) is 0 Å². The Bertz CT molecular complexity index is 273.